The van der Waals surface area contributed by atoms with Gasteiger partial charge in [0.05, 0.1) is 48.3 Å². The number of carbonyl (C=O) groups is 1. The Labute approximate surface area is 230 Å². The number of benzene rings is 1. The molecule has 0 aliphatic carbocycles. The van der Waals surface area contributed by atoms with E-state index in [2.05, 4.69) is 15.0 Å². The Bertz CT molecular complexity index is 1860. The number of rotatable bonds is 6. The lowest BCUT2D eigenvalue weighted by Crippen LogP contribution is -2.36. The second kappa shape index (κ2) is 10.5. The summed E-state index contributed by atoms with van der Waals surface area (Å²) in [4.78, 5) is 28.4. The zero-order chi connectivity index (χ0) is 27.7. The van der Waals surface area contributed by atoms with Gasteiger partial charge < -0.3 is 9.64 Å². The number of fused-ring (bicyclic) bond motifs is 2. The summed E-state index contributed by atoms with van der Waals surface area (Å²) in [6, 6.07) is 17.0. The molecule has 202 valence electrons. The van der Waals surface area contributed by atoms with Crippen LogP contribution in [0.25, 0.3) is 40.0 Å². The number of aromatic nitrogens is 5. The summed E-state index contributed by atoms with van der Waals surface area (Å²) in [6.45, 7) is 2.73. The van der Waals surface area contributed by atoms with E-state index in [0.717, 1.165) is 41.6 Å². The van der Waals surface area contributed by atoms with Crippen LogP contribution in [-0.4, -0.2) is 71.5 Å². The largest absolute Gasteiger partial charge is 0.378 e. The number of morpholine rings is 1. The van der Waals surface area contributed by atoms with Gasteiger partial charge in [-0.1, -0.05) is 24.3 Å². The Morgan fingerprint density at radius 1 is 1.00 bits per heavy atom. The molecule has 1 saturated heterocycles. The summed E-state index contributed by atoms with van der Waals surface area (Å²) >= 11 is 0. The molecule has 0 unspecified atom stereocenters. The van der Waals surface area contributed by atoms with Gasteiger partial charge in [0.2, 0.25) is 10.0 Å². The third-order valence-electron chi connectivity index (χ3n) is 6.46. The summed E-state index contributed by atoms with van der Waals surface area (Å²) in [5.41, 5.74) is 5.20. The lowest BCUT2D eigenvalue weighted by Gasteiger charge is -2.28. The van der Waals surface area contributed by atoms with Crippen molar-refractivity contribution in [3.8, 4) is 11.3 Å². The van der Waals surface area contributed by atoms with Gasteiger partial charge in [0.15, 0.2) is 5.65 Å². The normalized spacial score (nSPS) is 14.3. The molecule has 0 saturated carbocycles. The number of sulfonamides is 1. The average molecular weight is 556 g/mol. The van der Waals surface area contributed by atoms with Crippen LogP contribution in [0.2, 0.25) is 0 Å². The number of carbonyl (C=O) groups excluding carboxylic acids is 1. The fourth-order valence-electron chi connectivity index (χ4n) is 4.62. The van der Waals surface area contributed by atoms with Gasteiger partial charge in [0, 0.05) is 30.2 Å². The quantitative estimate of drug-likeness (QED) is 0.336. The maximum Gasteiger partial charge on any atom is 0.283 e. The molecule has 0 spiro atoms. The molecule has 1 amide bonds. The van der Waals surface area contributed by atoms with Crippen LogP contribution in [0.3, 0.4) is 0 Å². The van der Waals surface area contributed by atoms with Gasteiger partial charge in [-0.25, -0.2) is 27.6 Å². The first-order valence-corrected chi connectivity index (χ1v) is 14.5. The number of hydrogen-bond donors (Lipinski definition) is 1. The van der Waals surface area contributed by atoms with Gasteiger partial charge >= 0.3 is 0 Å². The first-order valence-electron chi connectivity index (χ1n) is 12.6. The number of pyridine rings is 2. The molecule has 12 heteroatoms. The van der Waals surface area contributed by atoms with E-state index in [0.29, 0.717) is 35.8 Å². The van der Waals surface area contributed by atoms with E-state index in [1.54, 1.807) is 16.8 Å². The number of imidazole rings is 1. The van der Waals surface area contributed by atoms with E-state index in [1.165, 1.54) is 12.3 Å². The van der Waals surface area contributed by atoms with Crippen LogP contribution >= 0.6 is 0 Å². The van der Waals surface area contributed by atoms with Gasteiger partial charge in [0.25, 0.3) is 5.91 Å². The zero-order valence-electron chi connectivity index (χ0n) is 21.6. The van der Waals surface area contributed by atoms with Crippen molar-refractivity contribution in [1.82, 2.24) is 29.3 Å². The fourth-order valence-corrected chi connectivity index (χ4v) is 5.06. The summed E-state index contributed by atoms with van der Waals surface area (Å²) in [7, 11) is -3.72. The average Bonchev–Trinajstić information content (AvgIpc) is 3.34. The van der Waals surface area contributed by atoms with Crippen LogP contribution in [0.1, 0.15) is 21.9 Å². The van der Waals surface area contributed by atoms with Crippen LogP contribution in [0.5, 0.6) is 0 Å². The van der Waals surface area contributed by atoms with Crippen molar-refractivity contribution < 1.29 is 17.9 Å². The monoisotopic (exact) mass is 555 g/mol. The Morgan fingerprint density at radius 2 is 1.82 bits per heavy atom. The van der Waals surface area contributed by atoms with Crippen LogP contribution in [0, 0.1) is 0 Å². The molecular formula is C28H25N7O4S. The third-order valence-corrected chi connectivity index (χ3v) is 7.01. The molecule has 5 heterocycles. The summed E-state index contributed by atoms with van der Waals surface area (Å²) < 4.78 is 32.2. The fraction of sp³-hybridized carbons (Fsp3) is 0.179. The van der Waals surface area contributed by atoms with E-state index < -0.39 is 15.9 Å². The van der Waals surface area contributed by atoms with Gasteiger partial charge in [0.1, 0.15) is 11.4 Å². The molecule has 11 nitrogen and oxygen atoms in total. The topological polar surface area (TPSA) is 132 Å². The molecule has 1 aromatic carbocycles. The van der Waals surface area contributed by atoms with E-state index in [9.17, 15) is 13.2 Å². The van der Waals surface area contributed by atoms with Gasteiger partial charge in [-0.2, -0.15) is 5.10 Å². The van der Waals surface area contributed by atoms with Crippen molar-refractivity contribution in [2.75, 3.05) is 37.5 Å². The van der Waals surface area contributed by atoms with Gasteiger partial charge in [-0.3, -0.25) is 9.78 Å². The van der Waals surface area contributed by atoms with Gasteiger partial charge in [-0.15, -0.1) is 0 Å². The smallest absolute Gasteiger partial charge is 0.283 e. The zero-order valence-corrected chi connectivity index (χ0v) is 22.4. The van der Waals surface area contributed by atoms with E-state index in [1.807, 2.05) is 59.3 Å². The molecule has 1 fully saturated rings. The van der Waals surface area contributed by atoms with Crippen LogP contribution in [-0.2, 0) is 14.8 Å². The highest BCUT2D eigenvalue weighted by Gasteiger charge is 2.21. The first kappa shape index (κ1) is 25.6. The predicted molar refractivity (Wildman–Crippen MR) is 152 cm³/mol. The molecule has 1 N–H and O–H groups in total. The molecule has 0 atom stereocenters. The van der Waals surface area contributed by atoms with Crippen molar-refractivity contribution in [2.24, 2.45) is 0 Å². The number of ether oxygens (including phenoxy) is 1. The number of amides is 1. The molecule has 40 heavy (non-hydrogen) atoms. The highest BCUT2D eigenvalue weighted by atomic mass is 32.2. The number of nitrogens with one attached hydrogen (secondary N) is 1. The molecule has 0 bridgehead atoms. The molecule has 5 aromatic rings. The Morgan fingerprint density at radius 3 is 2.60 bits per heavy atom. The Kier molecular flexibility index (Phi) is 6.70. The second-order valence-electron chi connectivity index (χ2n) is 9.29. The lowest BCUT2D eigenvalue weighted by molar-refractivity contribution is 0.0977. The predicted octanol–water partition coefficient (Wildman–Crippen LogP) is 3.04. The highest BCUT2D eigenvalue weighted by molar-refractivity contribution is 7.89. The minimum absolute atomic E-state index is 0.0255. The summed E-state index contributed by atoms with van der Waals surface area (Å²) in [5, 5.41) is 5.65. The third kappa shape index (κ3) is 5.26. The number of hydrogen-bond acceptors (Lipinski definition) is 9. The summed E-state index contributed by atoms with van der Waals surface area (Å²) in [6.07, 6.45) is 7.93. The van der Waals surface area contributed by atoms with Crippen molar-refractivity contribution >= 4 is 50.3 Å². The van der Waals surface area contributed by atoms with Gasteiger partial charge in [-0.05, 0) is 42.5 Å². The Balaban J connectivity index is 1.44. The lowest BCUT2D eigenvalue weighted by atomic mass is 10.1. The maximum absolute atomic E-state index is 12.3. The SMILES string of the molecule is CS(=O)(=O)NC(=O)c1ccc(-c2c(C=Cc3ccc4ccccc4n3)nc3c(N4CCOCC4)ccnn23)cn1. The summed E-state index contributed by atoms with van der Waals surface area (Å²) in [5.74, 6) is -0.803. The van der Waals surface area contributed by atoms with E-state index in [-0.39, 0.29) is 5.69 Å². The van der Waals surface area contributed by atoms with E-state index in [4.69, 9.17) is 14.7 Å². The first-order chi connectivity index (χ1) is 19.4. The van der Waals surface area contributed by atoms with Crippen molar-refractivity contribution in [3.05, 3.63) is 84.1 Å². The van der Waals surface area contributed by atoms with Crippen LogP contribution < -0.4 is 9.62 Å². The molecule has 1 aliphatic heterocycles. The van der Waals surface area contributed by atoms with E-state index >= 15 is 0 Å². The molecule has 4 aromatic heterocycles. The second-order valence-corrected chi connectivity index (χ2v) is 11.0. The molecule has 1 aliphatic rings. The van der Waals surface area contributed by atoms with Crippen molar-refractivity contribution in [3.63, 3.8) is 0 Å². The number of para-hydroxylation sites is 1. The standard InChI is InChI=1S/C28H25N7O4S/c1-40(37,38)33-28(36)24-10-7-20(18-29-24)26-23(11-9-21-8-6-19-4-2-3-5-22(19)31-21)32-27-25(12-13-30-35(26)27)34-14-16-39-17-15-34/h2-13,18H,14-17H2,1H3,(H,33,36). The Hall–Kier alpha value is -4.68. The highest BCUT2D eigenvalue weighted by Crippen LogP contribution is 2.30. The maximum atomic E-state index is 12.3. The van der Waals surface area contributed by atoms with Crippen LogP contribution in [0.15, 0.2) is 67.0 Å². The molecule has 0 radical (unpaired) electrons. The minimum atomic E-state index is -3.72. The number of anilines is 1. The molecular weight excluding hydrogens is 530 g/mol. The minimum Gasteiger partial charge on any atom is -0.378 e. The van der Waals surface area contributed by atoms with Crippen molar-refractivity contribution in [1.29, 1.82) is 0 Å². The van der Waals surface area contributed by atoms with Crippen LogP contribution in [0.4, 0.5) is 5.69 Å². The van der Waals surface area contributed by atoms with Crippen molar-refractivity contribution in [2.45, 2.75) is 0 Å². The molecule has 6 rings (SSSR count). The number of nitrogens with zero attached hydrogens (tertiary/aromatic N) is 6.